The number of likely N-dealkylation sites (tertiary alicyclic amines) is 1. The second kappa shape index (κ2) is 8.00. The normalized spacial score (nSPS) is 23.0. The molecule has 0 N–H and O–H groups in total. The predicted molar refractivity (Wildman–Crippen MR) is 101 cm³/mol. The molecule has 4 rings (SSSR count). The van der Waals surface area contributed by atoms with Gasteiger partial charge in [0, 0.05) is 31.8 Å². The number of carbonyl (C=O) groups is 1. The zero-order valence-electron chi connectivity index (χ0n) is 15.1. The van der Waals surface area contributed by atoms with Crippen LogP contribution in [-0.2, 0) is 11.2 Å². The van der Waals surface area contributed by atoms with E-state index in [0.717, 1.165) is 38.5 Å². The second-order valence-corrected chi connectivity index (χ2v) is 7.52. The average Bonchev–Trinajstić information content (AvgIpc) is 3.52. The van der Waals surface area contributed by atoms with E-state index in [9.17, 15) is 4.79 Å². The lowest BCUT2D eigenvalue weighted by Gasteiger charge is -2.38. The molecule has 2 fully saturated rings. The Morgan fingerprint density at radius 2 is 1.88 bits per heavy atom. The fraction of sp³-hybridized carbons (Fsp3) is 0.455. The molecule has 2 atom stereocenters. The van der Waals surface area contributed by atoms with Crippen molar-refractivity contribution in [1.82, 2.24) is 9.88 Å². The molecular formula is C22H26N2O2. The molecule has 1 saturated heterocycles. The van der Waals surface area contributed by atoms with Gasteiger partial charge < -0.3 is 9.64 Å². The van der Waals surface area contributed by atoms with Gasteiger partial charge in [-0.25, -0.2) is 0 Å². The highest BCUT2D eigenvalue weighted by atomic mass is 16.5. The second-order valence-electron chi connectivity index (χ2n) is 7.52. The molecule has 26 heavy (non-hydrogen) atoms. The maximum absolute atomic E-state index is 12.8. The number of hydrogen-bond acceptors (Lipinski definition) is 3. The molecule has 1 aliphatic carbocycles. The van der Waals surface area contributed by atoms with Gasteiger partial charge in [-0.1, -0.05) is 36.4 Å². The van der Waals surface area contributed by atoms with Crippen LogP contribution in [0.15, 0.2) is 54.7 Å². The van der Waals surface area contributed by atoms with E-state index in [0.29, 0.717) is 11.6 Å². The van der Waals surface area contributed by atoms with Crippen molar-refractivity contribution in [3.63, 3.8) is 0 Å². The van der Waals surface area contributed by atoms with E-state index in [2.05, 4.69) is 29.2 Å². The molecule has 1 aliphatic heterocycles. The molecule has 2 aromatic rings. The molecule has 1 aromatic heterocycles. The van der Waals surface area contributed by atoms with E-state index in [1.807, 2.05) is 23.1 Å². The minimum absolute atomic E-state index is 0.0318. The minimum Gasteiger partial charge on any atom is -0.377 e. The molecule has 2 aliphatic rings. The fourth-order valence-corrected chi connectivity index (χ4v) is 3.72. The van der Waals surface area contributed by atoms with Crippen molar-refractivity contribution < 1.29 is 9.53 Å². The van der Waals surface area contributed by atoms with Crippen LogP contribution in [0.3, 0.4) is 0 Å². The average molecular weight is 350 g/mol. The zero-order chi connectivity index (χ0) is 17.8. The van der Waals surface area contributed by atoms with Gasteiger partial charge >= 0.3 is 0 Å². The van der Waals surface area contributed by atoms with Crippen molar-refractivity contribution in [2.45, 2.75) is 31.8 Å². The van der Waals surface area contributed by atoms with Gasteiger partial charge in [0.15, 0.2) is 0 Å². The van der Waals surface area contributed by atoms with Gasteiger partial charge in [-0.15, -0.1) is 0 Å². The summed E-state index contributed by atoms with van der Waals surface area (Å²) in [6.45, 7) is 2.36. The monoisotopic (exact) mass is 350 g/mol. The highest BCUT2D eigenvalue weighted by molar-refractivity contribution is 5.92. The highest BCUT2D eigenvalue weighted by Gasteiger charge is 2.34. The third-order valence-electron chi connectivity index (χ3n) is 5.42. The van der Waals surface area contributed by atoms with Crippen LogP contribution in [0.5, 0.6) is 0 Å². The maximum atomic E-state index is 12.8. The van der Waals surface area contributed by atoms with E-state index in [4.69, 9.17) is 4.74 Å². The molecule has 0 radical (unpaired) electrons. The van der Waals surface area contributed by atoms with Crippen LogP contribution in [0.4, 0.5) is 0 Å². The van der Waals surface area contributed by atoms with Crippen LogP contribution >= 0.6 is 0 Å². The van der Waals surface area contributed by atoms with Crippen LogP contribution in [-0.4, -0.2) is 41.6 Å². The zero-order valence-corrected chi connectivity index (χ0v) is 15.1. The highest BCUT2D eigenvalue weighted by Crippen LogP contribution is 2.32. The lowest BCUT2D eigenvalue weighted by molar-refractivity contribution is -0.0327. The van der Waals surface area contributed by atoms with Crippen molar-refractivity contribution >= 4 is 5.91 Å². The lowest BCUT2D eigenvalue weighted by atomic mass is 9.88. The van der Waals surface area contributed by atoms with Gasteiger partial charge in [-0.2, -0.15) is 0 Å². The third-order valence-corrected chi connectivity index (χ3v) is 5.42. The van der Waals surface area contributed by atoms with Crippen LogP contribution < -0.4 is 0 Å². The molecule has 1 aromatic carbocycles. The lowest BCUT2D eigenvalue weighted by Crippen LogP contribution is -2.48. The number of piperidine rings is 1. The summed E-state index contributed by atoms with van der Waals surface area (Å²) in [5.41, 5.74) is 1.84. The first-order valence-electron chi connectivity index (χ1n) is 9.65. The number of aromatic nitrogens is 1. The predicted octanol–water partition coefficient (Wildman–Crippen LogP) is 3.58. The Morgan fingerprint density at radius 3 is 2.62 bits per heavy atom. The molecule has 0 bridgehead atoms. The Hall–Kier alpha value is -2.20. The Kier molecular flexibility index (Phi) is 5.30. The van der Waals surface area contributed by atoms with Gasteiger partial charge in [-0.05, 0) is 49.3 Å². The number of benzene rings is 1. The Labute approximate surface area is 155 Å². The Morgan fingerprint density at radius 1 is 1.08 bits per heavy atom. The summed E-state index contributed by atoms with van der Waals surface area (Å²) in [6, 6.07) is 16.0. The molecule has 1 amide bonds. The molecular weight excluding hydrogens is 324 g/mol. The quantitative estimate of drug-likeness (QED) is 0.800. The van der Waals surface area contributed by atoms with Gasteiger partial charge in [0.2, 0.25) is 0 Å². The summed E-state index contributed by atoms with van der Waals surface area (Å²) >= 11 is 0. The van der Waals surface area contributed by atoms with E-state index in [-0.39, 0.29) is 12.0 Å². The summed E-state index contributed by atoms with van der Waals surface area (Å²) in [5.74, 6) is 1.13. The summed E-state index contributed by atoms with van der Waals surface area (Å²) in [7, 11) is 0. The number of amides is 1. The number of pyridine rings is 1. The maximum Gasteiger partial charge on any atom is 0.272 e. The third kappa shape index (κ3) is 4.31. The van der Waals surface area contributed by atoms with Crippen molar-refractivity contribution in [2.75, 3.05) is 19.7 Å². The van der Waals surface area contributed by atoms with Crippen LogP contribution in [0.2, 0.25) is 0 Å². The van der Waals surface area contributed by atoms with Crippen LogP contribution in [0, 0.1) is 11.8 Å². The van der Waals surface area contributed by atoms with Crippen LogP contribution in [0.25, 0.3) is 0 Å². The Bertz CT molecular complexity index is 715. The van der Waals surface area contributed by atoms with Crippen molar-refractivity contribution in [1.29, 1.82) is 0 Å². The molecule has 4 heteroatoms. The van der Waals surface area contributed by atoms with E-state index >= 15 is 0 Å². The number of carbonyl (C=O) groups excluding carboxylic acids is 1. The van der Waals surface area contributed by atoms with E-state index in [1.165, 1.54) is 18.4 Å². The smallest absolute Gasteiger partial charge is 0.272 e. The first-order valence-corrected chi connectivity index (χ1v) is 9.65. The molecule has 0 unspecified atom stereocenters. The number of ether oxygens (including phenoxy) is 1. The number of hydrogen-bond donors (Lipinski definition) is 0. The minimum atomic E-state index is 0.0318. The van der Waals surface area contributed by atoms with Crippen LogP contribution in [0.1, 0.15) is 35.3 Å². The van der Waals surface area contributed by atoms with Gasteiger partial charge in [0.05, 0.1) is 6.10 Å². The number of nitrogens with zero attached hydrogens (tertiary/aromatic N) is 2. The summed E-state index contributed by atoms with van der Waals surface area (Å²) in [5, 5.41) is 0. The Balaban J connectivity index is 1.45. The van der Waals surface area contributed by atoms with Crippen molar-refractivity contribution in [3.05, 3.63) is 66.0 Å². The van der Waals surface area contributed by atoms with Gasteiger partial charge in [0.1, 0.15) is 5.69 Å². The van der Waals surface area contributed by atoms with Crippen molar-refractivity contribution in [3.8, 4) is 0 Å². The van der Waals surface area contributed by atoms with E-state index < -0.39 is 0 Å². The van der Waals surface area contributed by atoms with E-state index in [1.54, 1.807) is 12.3 Å². The first kappa shape index (κ1) is 17.2. The topological polar surface area (TPSA) is 42.4 Å². The van der Waals surface area contributed by atoms with Gasteiger partial charge in [-0.3, -0.25) is 9.78 Å². The van der Waals surface area contributed by atoms with Gasteiger partial charge in [0.25, 0.3) is 5.91 Å². The molecule has 136 valence electrons. The first-order chi connectivity index (χ1) is 12.8. The molecule has 0 spiro atoms. The summed E-state index contributed by atoms with van der Waals surface area (Å²) in [6.07, 6.45) is 6.38. The number of rotatable bonds is 6. The molecule has 2 heterocycles. The molecule has 1 saturated carbocycles. The largest absolute Gasteiger partial charge is 0.377 e. The fourth-order valence-electron chi connectivity index (χ4n) is 3.72. The SMILES string of the molecule is O=C(c1ccccn1)N1CC[C@@H](OCC2CC2)[C@@H](Cc2ccccc2)C1. The molecule has 4 nitrogen and oxygen atoms in total. The summed E-state index contributed by atoms with van der Waals surface area (Å²) in [4.78, 5) is 19.0. The summed E-state index contributed by atoms with van der Waals surface area (Å²) < 4.78 is 6.27. The van der Waals surface area contributed by atoms with Crippen molar-refractivity contribution in [2.24, 2.45) is 11.8 Å². The standard InChI is InChI=1S/C22H26N2O2/c25-22(20-8-4-5-12-23-20)24-13-11-21(26-16-18-9-10-18)19(15-24)14-17-6-2-1-3-7-17/h1-8,12,18-19,21H,9-11,13-16H2/t19-,21+/m0/s1.